The number of fused-ring (bicyclic) bond motifs is 1. The van der Waals surface area contributed by atoms with Crippen LogP contribution in [0.4, 0.5) is 5.69 Å². The molecule has 4 aliphatic rings. The summed E-state index contributed by atoms with van der Waals surface area (Å²) >= 11 is 0. The van der Waals surface area contributed by atoms with Gasteiger partial charge in [-0.1, -0.05) is 0 Å². The summed E-state index contributed by atoms with van der Waals surface area (Å²) in [6.07, 6.45) is 5.50. The molecule has 10 nitrogen and oxygen atoms in total. The van der Waals surface area contributed by atoms with Gasteiger partial charge in [0.05, 0.1) is 29.8 Å². The number of amides is 1. The molecule has 1 unspecified atom stereocenters. The molecule has 0 spiro atoms. The lowest BCUT2D eigenvalue weighted by Gasteiger charge is -2.51. The number of anilines is 1. The highest BCUT2D eigenvalue weighted by Crippen LogP contribution is 2.31. The first-order valence-electron chi connectivity index (χ1n) is 12.1. The average molecular weight is 504 g/mol. The number of dihydropyridines is 1. The molecule has 0 aliphatic carbocycles. The van der Waals surface area contributed by atoms with Crippen molar-refractivity contribution in [1.29, 1.82) is 0 Å². The summed E-state index contributed by atoms with van der Waals surface area (Å²) < 4.78 is 38.1. The van der Waals surface area contributed by atoms with Crippen LogP contribution in [0.2, 0.25) is 0 Å². The summed E-state index contributed by atoms with van der Waals surface area (Å²) in [6, 6.07) is 6.79. The highest BCUT2D eigenvalue weighted by molar-refractivity contribution is 7.89. The fourth-order valence-electron chi connectivity index (χ4n) is 5.20. The zero-order chi connectivity index (χ0) is 24.6. The molecule has 0 aromatic heterocycles. The van der Waals surface area contributed by atoms with Crippen molar-refractivity contribution in [1.82, 2.24) is 19.4 Å². The van der Waals surface area contributed by atoms with Crippen LogP contribution < -0.4 is 10.6 Å². The van der Waals surface area contributed by atoms with E-state index in [9.17, 15) is 13.2 Å². The Kier molecular flexibility index (Phi) is 6.86. The number of nitrogens with zero attached hydrogens (tertiary/aromatic N) is 3. The third-order valence-corrected chi connectivity index (χ3v) is 9.08. The van der Waals surface area contributed by atoms with Crippen LogP contribution in [0, 0.1) is 0 Å². The summed E-state index contributed by atoms with van der Waals surface area (Å²) in [6.45, 7) is 4.93. The fraction of sp³-hybridized carbons (Fsp3) is 0.542. The second kappa shape index (κ2) is 9.90. The molecule has 3 saturated heterocycles. The second-order valence-electron chi connectivity index (χ2n) is 9.25. The molecule has 0 saturated carbocycles. The number of carbonyl (C=O) groups excluding carboxylic acids is 1. The normalized spacial score (nSPS) is 27.0. The molecule has 0 bridgehead atoms. The zero-order valence-corrected chi connectivity index (χ0v) is 21.0. The van der Waals surface area contributed by atoms with Gasteiger partial charge in [0.25, 0.3) is 0 Å². The lowest BCUT2D eigenvalue weighted by molar-refractivity contribution is -0.142. The van der Waals surface area contributed by atoms with E-state index in [4.69, 9.17) is 9.47 Å². The largest absolute Gasteiger partial charge is 0.381 e. The van der Waals surface area contributed by atoms with Gasteiger partial charge in [-0.05, 0) is 56.2 Å². The Bertz CT molecular complexity index is 1110. The van der Waals surface area contributed by atoms with Crippen LogP contribution in [0.3, 0.4) is 0 Å². The van der Waals surface area contributed by atoms with Gasteiger partial charge >= 0.3 is 0 Å². The van der Waals surface area contributed by atoms with Gasteiger partial charge in [0, 0.05) is 45.1 Å². The SMILES string of the molecule is C[C@@H]1C(=O)N(C)C2=CC=C(Nc3ccc(S(=O)(=O)N4CCOCC4)cc3)NC2N1C1CCOCC1. The first-order chi connectivity index (χ1) is 16.9. The Balaban J connectivity index is 1.33. The van der Waals surface area contributed by atoms with Crippen molar-refractivity contribution < 1.29 is 22.7 Å². The van der Waals surface area contributed by atoms with Gasteiger partial charge in [-0.25, -0.2) is 8.42 Å². The van der Waals surface area contributed by atoms with E-state index in [0.29, 0.717) is 39.5 Å². The quantitative estimate of drug-likeness (QED) is 0.616. The number of nitrogens with one attached hydrogen (secondary N) is 2. The van der Waals surface area contributed by atoms with E-state index < -0.39 is 10.0 Å². The lowest BCUT2D eigenvalue weighted by Crippen LogP contribution is -2.66. The second-order valence-corrected chi connectivity index (χ2v) is 11.2. The molecule has 0 radical (unpaired) electrons. The Morgan fingerprint density at radius 1 is 1.00 bits per heavy atom. The van der Waals surface area contributed by atoms with E-state index in [1.54, 1.807) is 29.2 Å². The minimum Gasteiger partial charge on any atom is -0.381 e. The number of rotatable bonds is 5. The number of allylic oxidation sites excluding steroid dienone is 2. The third-order valence-electron chi connectivity index (χ3n) is 7.17. The monoisotopic (exact) mass is 503 g/mol. The predicted molar refractivity (Wildman–Crippen MR) is 131 cm³/mol. The molecule has 1 aromatic rings. The summed E-state index contributed by atoms with van der Waals surface area (Å²) in [5.74, 6) is 0.872. The predicted octanol–water partition coefficient (Wildman–Crippen LogP) is 1.12. The van der Waals surface area contributed by atoms with Crippen molar-refractivity contribution in [3.8, 4) is 0 Å². The van der Waals surface area contributed by atoms with Crippen molar-refractivity contribution in [2.45, 2.75) is 42.9 Å². The summed E-state index contributed by atoms with van der Waals surface area (Å²) in [4.78, 5) is 17.2. The van der Waals surface area contributed by atoms with Gasteiger partial charge in [-0.2, -0.15) is 4.31 Å². The Hall–Kier alpha value is -2.44. The zero-order valence-electron chi connectivity index (χ0n) is 20.1. The number of hydrogen-bond acceptors (Lipinski definition) is 8. The molecule has 2 N–H and O–H groups in total. The maximum atomic E-state index is 12.9. The van der Waals surface area contributed by atoms with Gasteiger partial charge in [-0.3, -0.25) is 9.69 Å². The van der Waals surface area contributed by atoms with E-state index in [1.165, 1.54) is 4.31 Å². The molecule has 5 rings (SSSR count). The van der Waals surface area contributed by atoms with Gasteiger partial charge in [0.2, 0.25) is 15.9 Å². The average Bonchev–Trinajstić information content (AvgIpc) is 2.89. The maximum absolute atomic E-state index is 12.9. The summed E-state index contributed by atoms with van der Waals surface area (Å²) in [5.41, 5.74) is 1.68. The molecule has 4 heterocycles. The van der Waals surface area contributed by atoms with Gasteiger partial charge in [0.15, 0.2) is 0 Å². The first kappa shape index (κ1) is 24.3. The van der Waals surface area contributed by atoms with E-state index in [1.807, 2.05) is 26.1 Å². The molecule has 190 valence electrons. The number of benzene rings is 1. The molecule has 3 fully saturated rings. The van der Waals surface area contributed by atoms with Crippen LogP contribution in [0.5, 0.6) is 0 Å². The van der Waals surface area contributed by atoms with Crippen LogP contribution in [0.1, 0.15) is 19.8 Å². The topological polar surface area (TPSA) is 103 Å². The molecule has 1 aromatic carbocycles. The van der Waals surface area contributed by atoms with Gasteiger partial charge in [-0.15, -0.1) is 0 Å². The number of piperazine rings is 1. The van der Waals surface area contributed by atoms with Crippen LogP contribution in [0.15, 0.2) is 52.8 Å². The number of sulfonamides is 1. The number of likely N-dealkylation sites (N-methyl/N-ethyl adjacent to an activating group) is 1. The Morgan fingerprint density at radius 2 is 1.66 bits per heavy atom. The van der Waals surface area contributed by atoms with E-state index >= 15 is 0 Å². The minimum atomic E-state index is -3.53. The summed E-state index contributed by atoms with van der Waals surface area (Å²) in [7, 11) is -1.71. The van der Waals surface area contributed by atoms with Crippen molar-refractivity contribution in [3.63, 3.8) is 0 Å². The van der Waals surface area contributed by atoms with E-state index in [-0.39, 0.29) is 29.1 Å². The Labute approximate surface area is 206 Å². The van der Waals surface area contributed by atoms with Crippen LogP contribution in [-0.2, 0) is 24.3 Å². The van der Waals surface area contributed by atoms with Crippen molar-refractivity contribution in [2.24, 2.45) is 0 Å². The van der Waals surface area contributed by atoms with Crippen LogP contribution in [-0.4, -0.2) is 93.2 Å². The molecule has 4 aliphatic heterocycles. The maximum Gasteiger partial charge on any atom is 0.243 e. The molecular formula is C24H33N5O5S. The lowest BCUT2D eigenvalue weighted by atomic mass is 9.98. The van der Waals surface area contributed by atoms with Gasteiger partial charge < -0.3 is 25.0 Å². The molecule has 11 heteroatoms. The van der Waals surface area contributed by atoms with Crippen LogP contribution >= 0.6 is 0 Å². The fourth-order valence-corrected chi connectivity index (χ4v) is 6.61. The van der Waals surface area contributed by atoms with Crippen molar-refractivity contribution in [3.05, 3.63) is 47.9 Å². The van der Waals surface area contributed by atoms with E-state index in [0.717, 1.165) is 30.0 Å². The Morgan fingerprint density at radius 3 is 2.34 bits per heavy atom. The number of ether oxygens (including phenoxy) is 2. The number of hydrogen-bond donors (Lipinski definition) is 2. The first-order valence-corrected chi connectivity index (χ1v) is 13.6. The molecule has 2 atom stereocenters. The smallest absolute Gasteiger partial charge is 0.243 e. The highest BCUT2D eigenvalue weighted by atomic mass is 32.2. The molecule has 1 amide bonds. The van der Waals surface area contributed by atoms with Crippen LogP contribution in [0.25, 0.3) is 0 Å². The number of morpholine rings is 1. The molecule has 35 heavy (non-hydrogen) atoms. The summed E-state index contributed by atoms with van der Waals surface area (Å²) in [5, 5.41) is 6.92. The number of carbonyl (C=O) groups is 1. The van der Waals surface area contributed by atoms with E-state index in [2.05, 4.69) is 15.5 Å². The van der Waals surface area contributed by atoms with Crippen molar-refractivity contribution in [2.75, 3.05) is 51.9 Å². The van der Waals surface area contributed by atoms with Crippen molar-refractivity contribution >= 4 is 21.6 Å². The van der Waals surface area contributed by atoms with Gasteiger partial charge in [0.1, 0.15) is 12.0 Å². The highest BCUT2D eigenvalue weighted by Gasteiger charge is 2.44. The third kappa shape index (κ3) is 4.70. The molecular weight excluding hydrogens is 470 g/mol. The standard InChI is InChI=1S/C24H33N5O5S/c1-17-24(30)27(2)21-7-8-22(26-23(21)29(17)19-9-13-33-14-10-19)25-18-3-5-20(6-4-18)35(31,32)28-11-15-34-16-12-28/h3-8,17,19,23,25-26H,9-16H2,1-2H3/t17-,23?/m1/s1. The minimum absolute atomic E-state index is 0.0858.